The van der Waals surface area contributed by atoms with Gasteiger partial charge in [0.25, 0.3) is 0 Å². The molecule has 7 heteroatoms. The van der Waals surface area contributed by atoms with Crippen LogP contribution < -0.4 is 4.72 Å². The van der Waals surface area contributed by atoms with Gasteiger partial charge < -0.3 is 10.2 Å². The van der Waals surface area contributed by atoms with Gasteiger partial charge in [-0.2, -0.15) is 0 Å². The summed E-state index contributed by atoms with van der Waals surface area (Å²) in [4.78, 5) is 10.8. The third-order valence-electron chi connectivity index (χ3n) is 2.53. The number of sulfonamides is 1. The molecule has 0 aromatic heterocycles. The van der Waals surface area contributed by atoms with Crippen molar-refractivity contribution in [1.29, 1.82) is 0 Å². The summed E-state index contributed by atoms with van der Waals surface area (Å²) in [5.74, 6) is -1.20. The Hall–Kier alpha value is -1.44. The van der Waals surface area contributed by atoms with Gasteiger partial charge in [-0.3, -0.25) is 0 Å². The van der Waals surface area contributed by atoms with Gasteiger partial charge in [0.05, 0.1) is 22.6 Å². The molecule has 1 aromatic rings. The molecule has 0 saturated heterocycles. The highest BCUT2D eigenvalue weighted by molar-refractivity contribution is 7.89. The van der Waals surface area contributed by atoms with Gasteiger partial charge in [-0.25, -0.2) is 17.9 Å². The Morgan fingerprint density at radius 1 is 1.37 bits per heavy atom. The van der Waals surface area contributed by atoms with Crippen molar-refractivity contribution in [1.82, 2.24) is 4.72 Å². The molecule has 0 amide bonds. The molecule has 0 aliphatic heterocycles. The lowest BCUT2D eigenvalue weighted by molar-refractivity contribution is 0.0696. The molecule has 6 nitrogen and oxygen atoms in total. The predicted molar refractivity (Wildman–Crippen MR) is 69.6 cm³/mol. The largest absolute Gasteiger partial charge is 0.478 e. The van der Waals surface area contributed by atoms with Crippen LogP contribution in [0, 0.1) is 6.92 Å². The number of carbonyl (C=O) groups is 1. The summed E-state index contributed by atoms with van der Waals surface area (Å²) in [7, 11) is -3.89. The maximum absolute atomic E-state index is 12.2. The number of benzene rings is 1. The van der Waals surface area contributed by atoms with E-state index in [4.69, 9.17) is 10.2 Å². The van der Waals surface area contributed by atoms with Crippen molar-refractivity contribution in [3.63, 3.8) is 0 Å². The van der Waals surface area contributed by atoms with Gasteiger partial charge in [-0.05, 0) is 38.5 Å². The van der Waals surface area contributed by atoms with E-state index in [1.54, 1.807) is 6.92 Å². The highest BCUT2D eigenvalue weighted by Gasteiger charge is 2.27. The van der Waals surface area contributed by atoms with Crippen LogP contribution in [0.5, 0.6) is 0 Å². The molecule has 1 aromatic carbocycles. The highest BCUT2D eigenvalue weighted by Crippen LogP contribution is 2.19. The number of aromatic carboxylic acids is 1. The number of aliphatic hydroxyl groups is 1. The van der Waals surface area contributed by atoms with Crippen molar-refractivity contribution < 1.29 is 23.4 Å². The zero-order valence-corrected chi connectivity index (χ0v) is 11.8. The lowest BCUT2D eigenvalue weighted by atomic mass is 10.1. The molecule has 0 saturated carbocycles. The number of hydrogen-bond acceptors (Lipinski definition) is 4. The molecule has 3 N–H and O–H groups in total. The molecule has 0 radical (unpaired) electrons. The minimum Gasteiger partial charge on any atom is -0.478 e. The van der Waals surface area contributed by atoms with Crippen molar-refractivity contribution in [3.8, 4) is 0 Å². The molecule has 0 bridgehead atoms. The third kappa shape index (κ3) is 3.76. The van der Waals surface area contributed by atoms with E-state index < -0.39 is 21.5 Å². The monoisotopic (exact) mass is 287 g/mol. The van der Waals surface area contributed by atoms with Crippen LogP contribution in [0.15, 0.2) is 23.1 Å². The summed E-state index contributed by atoms with van der Waals surface area (Å²) in [6, 6.07) is 3.88. The summed E-state index contributed by atoms with van der Waals surface area (Å²) in [5, 5.41) is 18.0. The Labute approximate surface area is 112 Å². The average Bonchev–Trinajstić information content (AvgIpc) is 2.27. The van der Waals surface area contributed by atoms with Gasteiger partial charge in [0.1, 0.15) is 0 Å². The minimum absolute atomic E-state index is 0.103. The zero-order chi connectivity index (χ0) is 14.8. The molecule has 106 valence electrons. The van der Waals surface area contributed by atoms with E-state index in [9.17, 15) is 13.2 Å². The van der Waals surface area contributed by atoms with Crippen molar-refractivity contribution in [3.05, 3.63) is 29.3 Å². The molecule has 0 heterocycles. The highest BCUT2D eigenvalue weighted by atomic mass is 32.2. The topological polar surface area (TPSA) is 104 Å². The fourth-order valence-electron chi connectivity index (χ4n) is 1.47. The van der Waals surface area contributed by atoms with Crippen molar-refractivity contribution >= 4 is 16.0 Å². The van der Waals surface area contributed by atoms with Gasteiger partial charge in [-0.15, -0.1) is 0 Å². The van der Waals surface area contributed by atoms with Crippen LogP contribution >= 0.6 is 0 Å². The Kier molecular flexibility index (Phi) is 4.34. The van der Waals surface area contributed by atoms with Crippen LogP contribution in [0.1, 0.15) is 29.8 Å². The quantitative estimate of drug-likeness (QED) is 0.741. The number of rotatable bonds is 5. The van der Waals surface area contributed by atoms with E-state index in [1.807, 2.05) is 0 Å². The second-order valence-corrected chi connectivity index (χ2v) is 6.58. The van der Waals surface area contributed by atoms with Crippen LogP contribution in [-0.4, -0.2) is 36.7 Å². The predicted octanol–water partition coefficient (Wildman–Crippen LogP) is 0.742. The van der Waals surface area contributed by atoms with Crippen LogP contribution in [0.4, 0.5) is 0 Å². The van der Waals surface area contributed by atoms with Gasteiger partial charge >= 0.3 is 5.97 Å². The molecule has 0 spiro atoms. The smallest absolute Gasteiger partial charge is 0.335 e. The van der Waals surface area contributed by atoms with Gasteiger partial charge in [0.15, 0.2) is 0 Å². The molecule has 19 heavy (non-hydrogen) atoms. The van der Waals surface area contributed by atoms with Gasteiger partial charge in [-0.1, -0.05) is 6.07 Å². The van der Waals surface area contributed by atoms with Crippen LogP contribution in [-0.2, 0) is 10.0 Å². The number of carboxylic acid groups (broad SMARTS) is 1. The molecule has 0 atom stereocenters. The number of aryl methyl sites for hydroxylation is 1. The van der Waals surface area contributed by atoms with Gasteiger partial charge in [0.2, 0.25) is 10.0 Å². The number of hydrogen-bond donors (Lipinski definition) is 3. The Balaban J connectivity index is 3.28. The van der Waals surface area contributed by atoms with E-state index in [1.165, 1.54) is 26.0 Å². The first-order valence-electron chi connectivity index (χ1n) is 5.58. The van der Waals surface area contributed by atoms with E-state index in [0.29, 0.717) is 5.56 Å². The zero-order valence-electron chi connectivity index (χ0n) is 11.0. The molecule has 0 aliphatic rings. The summed E-state index contributed by atoms with van der Waals surface area (Å²) in [6.07, 6.45) is 0. The number of aliphatic hydroxyl groups excluding tert-OH is 1. The minimum atomic E-state index is -3.89. The van der Waals surface area contributed by atoms with E-state index >= 15 is 0 Å². The van der Waals surface area contributed by atoms with Crippen LogP contribution in [0.2, 0.25) is 0 Å². The maximum Gasteiger partial charge on any atom is 0.335 e. The second kappa shape index (κ2) is 5.28. The molecule has 0 fully saturated rings. The average molecular weight is 287 g/mol. The van der Waals surface area contributed by atoms with Crippen LogP contribution in [0.3, 0.4) is 0 Å². The molecule has 0 unspecified atom stereocenters. The molecule has 1 rings (SSSR count). The van der Waals surface area contributed by atoms with Crippen molar-refractivity contribution in [2.45, 2.75) is 31.2 Å². The third-order valence-corrected chi connectivity index (χ3v) is 4.37. The summed E-state index contributed by atoms with van der Waals surface area (Å²) >= 11 is 0. The standard InChI is InChI=1S/C12H17NO5S/c1-8-4-5-9(11(15)16)6-10(8)19(17,18)13-12(2,3)7-14/h4-6,13-14H,7H2,1-3H3,(H,15,16). The molecule has 0 aliphatic carbocycles. The Morgan fingerprint density at radius 3 is 2.42 bits per heavy atom. The van der Waals surface area contributed by atoms with E-state index in [2.05, 4.69) is 4.72 Å². The summed E-state index contributed by atoms with van der Waals surface area (Å²) < 4.78 is 26.7. The van der Waals surface area contributed by atoms with Gasteiger partial charge in [0, 0.05) is 0 Å². The SMILES string of the molecule is Cc1ccc(C(=O)O)cc1S(=O)(=O)NC(C)(C)CO. The first-order valence-corrected chi connectivity index (χ1v) is 7.06. The fourth-order valence-corrected chi connectivity index (χ4v) is 3.15. The Bertz CT molecular complexity index is 592. The first kappa shape index (κ1) is 15.6. The maximum atomic E-state index is 12.2. The number of nitrogens with one attached hydrogen (secondary N) is 1. The number of carboxylic acids is 1. The van der Waals surface area contributed by atoms with Crippen molar-refractivity contribution in [2.75, 3.05) is 6.61 Å². The summed E-state index contributed by atoms with van der Waals surface area (Å²) in [5.41, 5.74) is -0.691. The van der Waals surface area contributed by atoms with E-state index in [0.717, 1.165) is 6.07 Å². The van der Waals surface area contributed by atoms with E-state index in [-0.39, 0.29) is 17.1 Å². The lowest BCUT2D eigenvalue weighted by Gasteiger charge is -2.23. The summed E-state index contributed by atoms with van der Waals surface area (Å²) in [6.45, 7) is 4.26. The second-order valence-electron chi connectivity index (χ2n) is 4.93. The lowest BCUT2D eigenvalue weighted by Crippen LogP contribution is -2.46. The van der Waals surface area contributed by atoms with Crippen LogP contribution in [0.25, 0.3) is 0 Å². The Morgan fingerprint density at radius 2 is 1.95 bits per heavy atom. The molecular weight excluding hydrogens is 270 g/mol. The normalized spacial score (nSPS) is 12.4. The van der Waals surface area contributed by atoms with Crippen molar-refractivity contribution in [2.24, 2.45) is 0 Å². The fraction of sp³-hybridized carbons (Fsp3) is 0.417. The first-order chi connectivity index (χ1) is 8.59. The molecular formula is C12H17NO5S.